The van der Waals surface area contributed by atoms with E-state index in [0.29, 0.717) is 13.0 Å². The molecule has 0 aromatic heterocycles. The van der Waals surface area contributed by atoms with Gasteiger partial charge in [0, 0.05) is 18.4 Å². The zero-order chi connectivity index (χ0) is 16.3. The number of benzene rings is 1. The fourth-order valence-electron chi connectivity index (χ4n) is 2.87. The molecule has 2 atom stereocenters. The molecule has 1 heterocycles. The molecule has 2 unspecified atom stereocenters. The molecule has 1 aliphatic rings. The molecule has 1 aromatic rings. The summed E-state index contributed by atoms with van der Waals surface area (Å²) in [5, 5.41) is 13.5. The summed E-state index contributed by atoms with van der Waals surface area (Å²) in [6, 6.07) is 4.01. The van der Waals surface area contributed by atoms with Crippen molar-refractivity contribution in [2.24, 2.45) is 5.92 Å². The number of aliphatic hydroxyl groups excluding tert-OH is 1. The normalized spacial score (nSPS) is 18.5. The summed E-state index contributed by atoms with van der Waals surface area (Å²) in [7, 11) is 0. The lowest BCUT2D eigenvalue weighted by Gasteiger charge is -2.30. The van der Waals surface area contributed by atoms with Crippen molar-refractivity contribution >= 4 is 5.91 Å². The number of carbonyl (C=O) groups is 1. The Labute approximate surface area is 132 Å². The van der Waals surface area contributed by atoms with E-state index >= 15 is 0 Å². The second-order valence-corrected chi connectivity index (χ2v) is 6.25. The van der Waals surface area contributed by atoms with Gasteiger partial charge in [0.05, 0.1) is 18.8 Å². The molecular weight excluding hydrogens is 278 g/mol. The highest BCUT2D eigenvalue weighted by atomic mass is 16.5. The van der Waals surface area contributed by atoms with Crippen LogP contribution in [0.5, 0.6) is 5.75 Å². The van der Waals surface area contributed by atoms with Crippen LogP contribution >= 0.6 is 0 Å². The van der Waals surface area contributed by atoms with Gasteiger partial charge in [0.1, 0.15) is 5.75 Å². The summed E-state index contributed by atoms with van der Waals surface area (Å²) in [6.45, 7) is 8.55. The lowest BCUT2D eigenvalue weighted by molar-refractivity contribution is -0.121. The minimum atomic E-state index is -0.500. The van der Waals surface area contributed by atoms with Crippen molar-refractivity contribution in [1.82, 2.24) is 5.32 Å². The highest BCUT2D eigenvalue weighted by Crippen LogP contribution is 2.38. The molecule has 1 aliphatic heterocycles. The molecular formula is C18H27NO3. The molecule has 2 rings (SSSR count). The van der Waals surface area contributed by atoms with Crippen LogP contribution in [0.15, 0.2) is 12.1 Å². The number of fused-ring (bicyclic) bond motifs is 1. The van der Waals surface area contributed by atoms with E-state index in [0.717, 1.165) is 35.3 Å². The number of hydrogen-bond acceptors (Lipinski definition) is 3. The first-order valence-corrected chi connectivity index (χ1v) is 8.24. The van der Waals surface area contributed by atoms with Gasteiger partial charge in [-0.05, 0) is 35.6 Å². The molecule has 0 aliphatic carbocycles. The SMILES string of the molecule is CCC(=O)NC1CCOc2c(CC)cc(C(O)C(C)C)cc21. The van der Waals surface area contributed by atoms with E-state index in [1.807, 2.05) is 32.9 Å². The molecule has 0 saturated heterocycles. The van der Waals surface area contributed by atoms with Crippen molar-refractivity contribution in [3.05, 3.63) is 28.8 Å². The van der Waals surface area contributed by atoms with E-state index in [1.54, 1.807) is 0 Å². The van der Waals surface area contributed by atoms with Gasteiger partial charge in [-0.25, -0.2) is 0 Å². The maximum atomic E-state index is 11.8. The molecule has 4 heteroatoms. The molecule has 0 fully saturated rings. The van der Waals surface area contributed by atoms with Crippen LogP contribution in [-0.4, -0.2) is 17.6 Å². The first kappa shape index (κ1) is 16.8. The number of carbonyl (C=O) groups excluding carboxylic acids is 1. The Morgan fingerprint density at radius 2 is 2.14 bits per heavy atom. The van der Waals surface area contributed by atoms with Crippen molar-refractivity contribution < 1.29 is 14.6 Å². The van der Waals surface area contributed by atoms with Crippen LogP contribution in [-0.2, 0) is 11.2 Å². The van der Waals surface area contributed by atoms with E-state index in [9.17, 15) is 9.90 Å². The Balaban J connectivity index is 2.44. The van der Waals surface area contributed by atoms with Gasteiger partial charge in [0.15, 0.2) is 0 Å². The zero-order valence-electron chi connectivity index (χ0n) is 14.0. The average molecular weight is 305 g/mol. The molecule has 0 saturated carbocycles. The van der Waals surface area contributed by atoms with Gasteiger partial charge in [-0.1, -0.05) is 27.7 Å². The lowest BCUT2D eigenvalue weighted by Crippen LogP contribution is -2.32. The van der Waals surface area contributed by atoms with Crippen LogP contribution in [0.2, 0.25) is 0 Å². The minimum absolute atomic E-state index is 0.0270. The number of ether oxygens (including phenoxy) is 1. The van der Waals surface area contributed by atoms with E-state index in [2.05, 4.69) is 12.2 Å². The summed E-state index contributed by atoms with van der Waals surface area (Å²) < 4.78 is 5.85. The number of aryl methyl sites for hydroxylation is 1. The molecule has 2 N–H and O–H groups in total. The van der Waals surface area contributed by atoms with Crippen molar-refractivity contribution in [3.8, 4) is 5.75 Å². The van der Waals surface area contributed by atoms with Crippen LogP contribution in [0.1, 0.15) is 69.4 Å². The maximum Gasteiger partial charge on any atom is 0.220 e. The highest BCUT2D eigenvalue weighted by Gasteiger charge is 2.27. The standard InChI is InChI=1S/C18H27NO3/c1-5-12-9-13(17(21)11(3)4)10-14-15(19-16(20)6-2)7-8-22-18(12)14/h9-11,15,17,21H,5-8H2,1-4H3,(H,19,20). The Kier molecular flexibility index (Phi) is 5.46. The van der Waals surface area contributed by atoms with E-state index in [1.165, 1.54) is 0 Å². The number of nitrogens with one attached hydrogen (secondary N) is 1. The third kappa shape index (κ3) is 3.43. The summed E-state index contributed by atoms with van der Waals surface area (Å²) in [5.41, 5.74) is 3.01. The molecule has 0 bridgehead atoms. The fraction of sp³-hybridized carbons (Fsp3) is 0.611. The van der Waals surface area contributed by atoms with Crippen LogP contribution in [0.3, 0.4) is 0 Å². The maximum absolute atomic E-state index is 11.8. The molecule has 0 radical (unpaired) electrons. The summed E-state index contributed by atoms with van der Waals surface area (Å²) >= 11 is 0. The quantitative estimate of drug-likeness (QED) is 0.877. The first-order valence-electron chi connectivity index (χ1n) is 8.24. The van der Waals surface area contributed by atoms with Crippen LogP contribution in [0, 0.1) is 5.92 Å². The Hall–Kier alpha value is -1.55. The average Bonchev–Trinajstić information content (AvgIpc) is 2.53. The number of hydrogen-bond donors (Lipinski definition) is 2. The van der Waals surface area contributed by atoms with Crippen molar-refractivity contribution in [2.45, 2.75) is 59.1 Å². The minimum Gasteiger partial charge on any atom is -0.493 e. The smallest absolute Gasteiger partial charge is 0.220 e. The number of rotatable bonds is 5. The Morgan fingerprint density at radius 3 is 2.73 bits per heavy atom. The summed E-state index contributed by atoms with van der Waals surface area (Å²) in [6.07, 6.45) is 1.58. The Bertz CT molecular complexity index is 539. The largest absolute Gasteiger partial charge is 0.493 e. The van der Waals surface area contributed by atoms with Gasteiger partial charge in [0.2, 0.25) is 5.91 Å². The van der Waals surface area contributed by atoms with Crippen molar-refractivity contribution in [2.75, 3.05) is 6.61 Å². The van der Waals surface area contributed by atoms with Gasteiger partial charge in [0.25, 0.3) is 0 Å². The topological polar surface area (TPSA) is 58.6 Å². The van der Waals surface area contributed by atoms with Gasteiger partial charge < -0.3 is 15.2 Å². The van der Waals surface area contributed by atoms with Gasteiger partial charge in [-0.15, -0.1) is 0 Å². The van der Waals surface area contributed by atoms with Crippen molar-refractivity contribution in [1.29, 1.82) is 0 Å². The van der Waals surface area contributed by atoms with E-state index < -0.39 is 6.10 Å². The molecule has 22 heavy (non-hydrogen) atoms. The van der Waals surface area contributed by atoms with Crippen molar-refractivity contribution in [3.63, 3.8) is 0 Å². The van der Waals surface area contributed by atoms with Crippen LogP contribution in [0.25, 0.3) is 0 Å². The predicted octanol–water partition coefficient (Wildman–Crippen LogP) is 3.29. The molecule has 0 spiro atoms. The van der Waals surface area contributed by atoms with E-state index in [-0.39, 0.29) is 17.9 Å². The van der Waals surface area contributed by atoms with Gasteiger partial charge in [-0.2, -0.15) is 0 Å². The predicted molar refractivity (Wildman–Crippen MR) is 86.9 cm³/mol. The Morgan fingerprint density at radius 1 is 1.41 bits per heavy atom. The lowest BCUT2D eigenvalue weighted by atomic mass is 9.89. The van der Waals surface area contributed by atoms with Gasteiger partial charge >= 0.3 is 0 Å². The monoisotopic (exact) mass is 305 g/mol. The second-order valence-electron chi connectivity index (χ2n) is 6.25. The molecule has 1 amide bonds. The highest BCUT2D eigenvalue weighted by molar-refractivity contribution is 5.76. The number of aliphatic hydroxyl groups is 1. The first-order chi connectivity index (χ1) is 10.5. The third-order valence-corrected chi connectivity index (χ3v) is 4.26. The fourth-order valence-corrected chi connectivity index (χ4v) is 2.87. The summed E-state index contributed by atoms with van der Waals surface area (Å²) in [4.78, 5) is 11.8. The zero-order valence-corrected chi connectivity index (χ0v) is 14.0. The molecule has 122 valence electrons. The molecule has 1 aromatic carbocycles. The van der Waals surface area contributed by atoms with E-state index in [4.69, 9.17) is 4.74 Å². The molecule has 4 nitrogen and oxygen atoms in total. The van der Waals surface area contributed by atoms with Crippen LogP contribution in [0.4, 0.5) is 0 Å². The summed E-state index contributed by atoms with van der Waals surface area (Å²) in [5.74, 6) is 1.08. The van der Waals surface area contributed by atoms with Gasteiger partial charge in [-0.3, -0.25) is 4.79 Å². The number of amides is 1. The second kappa shape index (κ2) is 7.14. The third-order valence-electron chi connectivity index (χ3n) is 4.26. The van der Waals surface area contributed by atoms with Crippen LogP contribution < -0.4 is 10.1 Å².